The van der Waals surface area contributed by atoms with Crippen LogP contribution < -0.4 is 15.4 Å². The van der Waals surface area contributed by atoms with Gasteiger partial charge in [0.05, 0.1) is 18.3 Å². The number of amides is 4. The maximum Gasteiger partial charge on any atom is 0.471 e. The Labute approximate surface area is 210 Å². The third kappa shape index (κ3) is 5.19. The van der Waals surface area contributed by atoms with Crippen LogP contribution in [0.1, 0.15) is 32.6 Å². The summed E-state index contributed by atoms with van der Waals surface area (Å²) in [7, 11) is 1.27. The maximum absolute atomic E-state index is 13.7. The molecule has 4 atom stereocenters. The van der Waals surface area contributed by atoms with E-state index < -0.39 is 53.5 Å². The molecule has 13 heteroatoms. The Morgan fingerprint density at radius 3 is 2.62 bits per heavy atom. The summed E-state index contributed by atoms with van der Waals surface area (Å²) >= 11 is 0. The van der Waals surface area contributed by atoms with Crippen molar-refractivity contribution < 1.29 is 37.1 Å². The normalized spacial score (nSPS) is 24.3. The molecule has 4 amide bonds. The standard InChI is InChI=1S/C24H26F3N5O5/c1-13(29-22(36)24(25,26)27)19(33)31(2)17(9-14-7-8-14)20(34)32-12-23(10-15(32)11-28)21(35)30-16-5-3-4-6-18(16)37-23/h3-6,13-15,17H,7-10,12H2,1-2H3,(H,29,36)(H,30,35)/t13-,15-,17-,23+/m0/s1. The highest BCUT2D eigenvalue weighted by Gasteiger charge is 2.56. The molecular formula is C24H26F3N5O5. The van der Waals surface area contributed by atoms with Crippen molar-refractivity contribution in [3.05, 3.63) is 24.3 Å². The van der Waals surface area contributed by atoms with Crippen molar-refractivity contribution in [2.75, 3.05) is 18.9 Å². The number of fused-ring (bicyclic) bond motifs is 1. The molecule has 1 aromatic rings. The molecule has 3 aliphatic rings. The molecule has 0 unspecified atom stereocenters. The number of likely N-dealkylation sites (N-methyl/N-ethyl adjacent to an activating group) is 1. The van der Waals surface area contributed by atoms with Crippen molar-refractivity contribution in [3.8, 4) is 11.8 Å². The Hall–Kier alpha value is -3.82. The molecule has 2 aliphatic heterocycles. The monoisotopic (exact) mass is 521 g/mol. The summed E-state index contributed by atoms with van der Waals surface area (Å²) in [5.74, 6) is -3.76. The van der Waals surface area contributed by atoms with E-state index >= 15 is 0 Å². The molecule has 1 saturated heterocycles. The van der Waals surface area contributed by atoms with E-state index in [1.807, 2.05) is 6.07 Å². The summed E-state index contributed by atoms with van der Waals surface area (Å²) in [5.41, 5.74) is -1.05. The van der Waals surface area contributed by atoms with E-state index in [4.69, 9.17) is 4.74 Å². The fraction of sp³-hybridized carbons (Fsp3) is 0.542. The number of benzene rings is 1. The van der Waals surface area contributed by atoms with Gasteiger partial charge in [-0.2, -0.15) is 18.4 Å². The van der Waals surface area contributed by atoms with Crippen LogP contribution in [0.15, 0.2) is 24.3 Å². The SMILES string of the molecule is C[C@H](NC(=O)C(F)(F)F)C(=O)N(C)[C@@H](CC1CC1)C(=O)N1C[C@@]2(C[C@H]1C#N)Oc1ccccc1NC2=O. The van der Waals surface area contributed by atoms with E-state index in [1.165, 1.54) is 11.9 Å². The summed E-state index contributed by atoms with van der Waals surface area (Å²) in [6, 6.07) is 5.10. The molecule has 2 fully saturated rings. The average molecular weight is 521 g/mol. The van der Waals surface area contributed by atoms with Gasteiger partial charge >= 0.3 is 12.1 Å². The van der Waals surface area contributed by atoms with Gasteiger partial charge in [0.15, 0.2) is 0 Å². The Morgan fingerprint density at radius 1 is 1.32 bits per heavy atom. The van der Waals surface area contributed by atoms with Gasteiger partial charge in [0.2, 0.25) is 17.4 Å². The van der Waals surface area contributed by atoms with Crippen LogP contribution in [-0.2, 0) is 19.2 Å². The zero-order valence-corrected chi connectivity index (χ0v) is 20.2. The number of para-hydroxylation sites is 2. The van der Waals surface area contributed by atoms with Gasteiger partial charge in [-0.1, -0.05) is 25.0 Å². The number of halogens is 3. The van der Waals surface area contributed by atoms with Gasteiger partial charge in [0.1, 0.15) is 23.9 Å². The second kappa shape index (κ2) is 9.57. The summed E-state index contributed by atoms with van der Waals surface area (Å²) in [6.45, 7) is 0.857. The van der Waals surface area contributed by atoms with Crippen LogP contribution in [0.3, 0.4) is 0 Å². The summed E-state index contributed by atoms with van der Waals surface area (Å²) < 4.78 is 44.0. The smallest absolute Gasteiger partial charge is 0.471 e. The first-order valence-electron chi connectivity index (χ1n) is 11.8. The number of likely N-dealkylation sites (tertiary alicyclic amines) is 1. The van der Waals surface area contributed by atoms with Crippen molar-refractivity contribution in [3.63, 3.8) is 0 Å². The van der Waals surface area contributed by atoms with Crippen molar-refractivity contribution in [2.45, 2.75) is 62.5 Å². The number of hydrogen-bond acceptors (Lipinski definition) is 6. The molecule has 0 bridgehead atoms. The van der Waals surface area contributed by atoms with E-state index in [-0.39, 0.29) is 25.3 Å². The molecule has 1 saturated carbocycles. The molecule has 198 valence electrons. The molecule has 4 rings (SSSR count). The van der Waals surface area contributed by atoms with Gasteiger partial charge in [0.25, 0.3) is 5.91 Å². The third-order valence-electron chi connectivity index (χ3n) is 6.94. The lowest BCUT2D eigenvalue weighted by atomic mass is 9.97. The lowest BCUT2D eigenvalue weighted by Crippen LogP contribution is -2.57. The van der Waals surface area contributed by atoms with E-state index in [1.54, 1.807) is 29.6 Å². The summed E-state index contributed by atoms with van der Waals surface area (Å²) in [5, 5.41) is 14.2. The third-order valence-corrected chi connectivity index (χ3v) is 6.94. The molecule has 2 heterocycles. The van der Waals surface area contributed by atoms with Crippen LogP contribution in [0.2, 0.25) is 0 Å². The number of alkyl halides is 3. The van der Waals surface area contributed by atoms with Gasteiger partial charge in [-0.15, -0.1) is 0 Å². The van der Waals surface area contributed by atoms with Gasteiger partial charge in [0, 0.05) is 13.5 Å². The van der Waals surface area contributed by atoms with Crippen LogP contribution >= 0.6 is 0 Å². The lowest BCUT2D eigenvalue weighted by Gasteiger charge is -2.35. The molecule has 1 spiro atoms. The number of carbonyl (C=O) groups excluding carboxylic acids is 4. The second-order valence-corrected chi connectivity index (χ2v) is 9.70. The van der Waals surface area contributed by atoms with Crippen LogP contribution in [0.5, 0.6) is 5.75 Å². The molecule has 1 aromatic carbocycles. The fourth-order valence-corrected chi connectivity index (χ4v) is 4.69. The second-order valence-electron chi connectivity index (χ2n) is 9.70. The molecule has 37 heavy (non-hydrogen) atoms. The minimum Gasteiger partial charge on any atom is -0.473 e. The molecule has 0 aromatic heterocycles. The van der Waals surface area contributed by atoms with Crippen molar-refractivity contribution >= 4 is 29.3 Å². The molecule has 1 aliphatic carbocycles. The van der Waals surface area contributed by atoms with Crippen LogP contribution in [0.4, 0.5) is 18.9 Å². The zero-order chi connectivity index (χ0) is 27.1. The highest BCUT2D eigenvalue weighted by molar-refractivity contribution is 6.02. The first kappa shape index (κ1) is 26.2. The van der Waals surface area contributed by atoms with E-state index in [0.29, 0.717) is 11.4 Å². The fourth-order valence-electron chi connectivity index (χ4n) is 4.69. The minimum atomic E-state index is -5.17. The first-order valence-corrected chi connectivity index (χ1v) is 11.8. The number of anilines is 1. The first-order chi connectivity index (χ1) is 17.4. The van der Waals surface area contributed by atoms with Gasteiger partial charge < -0.3 is 25.2 Å². The number of carbonyl (C=O) groups is 4. The number of hydrogen-bond donors (Lipinski definition) is 2. The Morgan fingerprint density at radius 2 is 2.00 bits per heavy atom. The number of nitriles is 1. The van der Waals surface area contributed by atoms with Crippen molar-refractivity contribution in [1.29, 1.82) is 5.26 Å². The maximum atomic E-state index is 13.7. The van der Waals surface area contributed by atoms with Gasteiger partial charge in [-0.05, 0) is 31.4 Å². The highest BCUT2D eigenvalue weighted by atomic mass is 19.4. The predicted octanol–water partition coefficient (Wildman–Crippen LogP) is 1.57. The topological polar surface area (TPSA) is 132 Å². The van der Waals surface area contributed by atoms with Gasteiger partial charge in [-0.3, -0.25) is 19.2 Å². The Balaban J connectivity index is 1.55. The number of nitrogens with zero attached hydrogens (tertiary/aromatic N) is 3. The molecule has 2 N–H and O–H groups in total. The zero-order valence-electron chi connectivity index (χ0n) is 20.2. The number of nitrogens with one attached hydrogen (secondary N) is 2. The summed E-state index contributed by atoms with van der Waals surface area (Å²) in [4.78, 5) is 53.2. The van der Waals surface area contributed by atoms with Crippen molar-refractivity contribution in [2.24, 2.45) is 5.92 Å². The van der Waals surface area contributed by atoms with Crippen LogP contribution in [0, 0.1) is 17.2 Å². The molecule has 0 radical (unpaired) electrons. The Kier molecular flexibility index (Phi) is 6.79. The van der Waals surface area contributed by atoms with Crippen LogP contribution in [0.25, 0.3) is 0 Å². The van der Waals surface area contributed by atoms with Gasteiger partial charge in [-0.25, -0.2) is 0 Å². The number of ether oxygens (including phenoxy) is 1. The quantitative estimate of drug-likeness (QED) is 0.584. The predicted molar refractivity (Wildman–Crippen MR) is 122 cm³/mol. The van der Waals surface area contributed by atoms with E-state index in [0.717, 1.165) is 24.7 Å². The highest BCUT2D eigenvalue weighted by Crippen LogP contribution is 2.41. The molecular weight excluding hydrogens is 495 g/mol. The van der Waals surface area contributed by atoms with Crippen LogP contribution in [-0.4, -0.2) is 76.9 Å². The summed E-state index contributed by atoms with van der Waals surface area (Å²) in [6.07, 6.45) is -3.39. The lowest BCUT2D eigenvalue weighted by molar-refractivity contribution is -0.175. The minimum absolute atomic E-state index is 0.0960. The van der Waals surface area contributed by atoms with Crippen molar-refractivity contribution in [1.82, 2.24) is 15.1 Å². The van der Waals surface area contributed by atoms with E-state index in [9.17, 15) is 37.6 Å². The molecule has 10 nitrogen and oxygen atoms in total. The number of rotatable bonds is 6. The van der Waals surface area contributed by atoms with E-state index in [2.05, 4.69) is 5.32 Å². The largest absolute Gasteiger partial charge is 0.473 e. The average Bonchev–Trinajstić information content (AvgIpc) is 3.60. The Bertz CT molecular complexity index is 1160.